The lowest BCUT2D eigenvalue weighted by atomic mass is 9.97. The van der Waals surface area contributed by atoms with Crippen LogP contribution < -0.4 is 16.2 Å². The summed E-state index contributed by atoms with van der Waals surface area (Å²) < 4.78 is 1.52. The minimum atomic E-state index is -0.185. The van der Waals surface area contributed by atoms with Crippen LogP contribution in [0.15, 0.2) is 41.5 Å². The molecule has 3 aromatic rings. The van der Waals surface area contributed by atoms with Crippen molar-refractivity contribution in [3.05, 3.63) is 63.0 Å². The van der Waals surface area contributed by atoms with Gasteiger partial charge in [0.05, 0.1) is 11.7 Å². The normalized spacial score (nSPS) is 13.0. The van der Waals surface area contributed by atoms with Crippen LogP contribution in [0, 0.1) is 0 Å². The predicted molar refractivity (Wildman–Crippen MR) is 121 cm³/mol. The van der Waals surface area contributed by atoms with Crippen molar-refractivity contribution in [3.63, 3.8) is 0 Å². The van der Waals surface area contributed by atoms with E-state index in [0.717, 1.165) is 40.6 Å². The van der Waals surface area contributed by atoms with Gasteiger partial charge in [0, 0.05) is 37.4 Å². The molecule has 2 aromatic heterocycles. The zero-order valence-electron chi connectivity index (χ0n) is 17.4. The van der Waals surface area contributed by atoms with Crippen molar-refractivity contribution in [2.24, 2.45) is 0 Å². The molecule has 0 saturated carbocycles. The fourth-order valence-corrected chi connectivity index (χ4v) is 5.07. The van der Waals surface area contributed by atoms with Crippen LogP contribution in [0.25, 0.3) is 10.2 Å². The second kappa shape index (κ2) is 9.87. The summed E-state index contributed by atoms with van der Waals surface area (Å²) in [5.41, 5.74) is 2.13. The Morgan fingerprint density at radius 1 is 1.03 bits per heavy atom. The summed E-state index contributed by atoms with van der Waals surface area (Å²) in [5.74, 6) is -0.299. The van der Waals surface area contributed by atoms with Crippen molar-refractivity contribution in [1.29, 1.82) is 0 Å². The molecule has 2 N–H and O–H groups in total. The summed E-state index contributed by atoms with van der Waals surface area (Å²) in [6.45, 7) is 1.01. The Balaban J connectivity index is 1.24. The lowest BCUT2D eigenvalue weighted by Gasteiger charge is -2.10. The van der Waals surface area contributed by atoms with E-state index in [-0.39, 0.29) is 43.3 Å². The third-order valence-corrected chi connectivity index (χ3v) is 6.73. The molecular formula is C23H26N4O3S. The molecule has 0 bridgehead atoms. The number of amides is 2. The number of fused-ring (bicyclic) bond motifs is 3. The van der Waals surface area contributed by atoms with Crippen molar-refractivity contribution in [3.8, 4) is 0 Å². The number of rotatable bonds is 8. The Labute approximate surface area is 184 Å². The second-order valence-corrected chi connectivity index (χ2v) is 8.83. The zero-order chi connectivity index (χ0) is 21.6. The number of hydrogen-bond donors (Lipinski definition) is 2. The maximum absolute atomic E-state index is 12.9. The third kappa shape index (κ3) is 5.19. The van der Waals surface area contributed by atoms with Crippen LogP contribution >= 0.6 is 11.3 Å². The standard InChI is InChI=1S/C23H26N4O3S/c28-19(25-14-16-6-2-1-3-7-16)10-12-24-20(29)11-13-27-15-26-22-21(23(27)30)17-8-4-5-9-18(17)31-22/h1-3,6-7,15H,4-5,8-14H2,(H,24,29)(H,25,28). The fourth-order valence-electron chi connectivity index (χ4n) is 3.85. The van der Waals surface area contributed by atoms with Gasteiger partial charge in [-0.15, -0.1) is 11.3 Å². The molecule has 0 aliphatic heterocycles. The number of thiophene rings is 1. The monoisotopic (exact) mass is 438 g/mol. The lowest BCUT2D eigenvalue weighted by molar-refractivity contribution is -0.122. The second-order valence-electron chi connectivity index (χ2n) is 7.75. The number of carbonyl (C=O) groups is 2. The molecule has 0 unspecified atom stereocenters. The topological polar surface area (TPSA) is 93.1 Å². The van der Waals surface area contributed by atoms with E-state index in [1.807, 2.05) is 30.3 Å². The number of carbonyl (C=O) groups excluding carboxylic acids is 2. The van der Waals surface area contributed by atoms with E-state index in [9.17, 15) is 14.4 Å². The van der Waals surface area contributed by atoms with Crippen LogP contribution in [0.1, 0.15) is 41.7 Å². The van der Waals surface area contributed by atoms with Gasteiger partial charge in [-0.2, -0.15) is 0 Å². The highest BCUT2D eigenvalue weighted by molar-refractivity contribution is 7.18. The van der Waals surface area contributed by atoms with Gasteiger partial charge >= 0.3 is 0 Å². The zero-order valence-corrected chi connectivity index (χ0v) is 18.2. The molecule has 0 spiro atoms. The van der Waals surface area contributed by atoms with E-state index >= 15 is 0 Å². The van der Waals surface area contributed by atoms with Gasteiger partial charge in [-0.25, -0.2) is 4.98 Å². The first-order valence-electron chi connectivity index (χ1n) is 10.7. The molecule has 0 fully saturated rings. The number of aromatic nitrogens is 2. The summed E-state index contributed by atoms with van der Waals surface area (Å²) in [5, 5.41) is 6.32. The van der Waals surface area contributed by atoms with Crippen molar-refractivity contribution in [2.75, 3.05) is 6.54 Å². The van der Waals surface area contributed by atoms with Crippen molar-refractivity contribution in [2.45, 2.75) is 51.6 Å². The van der Waals surface area contributed by atoms with Crippen LogP contribution in [0.5, 0.6) is 0 Å². The molecular weight excluding hydrogens is 412 g/mol. The largest absolute Gasteiger partial charge is 0.356 e. The molecule has 2 amide bonds. The molecule has 0 radical (unpaired) electrons. The summed E-state index contributed by atoms with van der Waals surface area (Å²) in [6.07, 6.45) is 6.16. The Bertz CT molecular complexity index is 1140. The highest BCUT2D eigenvalue weighted by atomic mass is 32.1. The van der Waals surface area contributed by atoms with Crippen LogP contribution in [0.2, 0.25) is 0 Å². The smallest absolute Gasteiger partial charge is 0.262 e. The SMILES string of the molecule is O=C(CCn1cnc2sc3c(c2c1=O)CCCC3)NCCC(=O)NCc1ccccc1. The van der Waals surface area contributed by atoms with Gasteiger partial charge in [0.2, 0.25) is 11.8 Å². The van der Waals surface area contributed by atoms with E-state index in [4.69, 9.17) is 0 Å². The molecule has 162 valence electrons. The fraction of sp³-hybridized carbons (Fsp3) is 0.391. The Morgan fingerprint density at radius 3 is 2.65 bits per heavy atom. The summed E-state index contributed by atoms with van der Waals surface area (Å²) in [4.78, 5) is 43.5. The van der Waals surface area contributed by atoms with Gasteiger partial charge in [0.15, 0.2) is 0 Å². The minimum absolute atomic E-state index is 0.0579. The van der Waals surface area contributed by atoms with Crippen LogP contribution in [0.4, 0.5) is 0 Å². The Morgan fingerprint density at radius 2 is 1.81 bits per heavy atom. The summed E-state index contributed by atoms with van der Waals surface area (Å²) in [7, 11) is 0. The number of nitrogens with zero attached hydrogens (tertiary/aromatic N) is 2. The van der Waals surface area contributed by atoms with Gasteiger partial charge < -0.3 is 10.6 Å². The highest BCUT2D eigenvalue weighted by Crippen LogP contribution is 2.33. The van der Waals surface area contributed by atoms with Crippen LogP contribution in [-0.2, 0) is 35.5 Å². The highest BCUT2D eigenvalue weighted by Gasteiger charge is 2.20. The molecule has 31 heavy (non-hydrogen) atoms. The van der Waals surface area contributed by atoms with E-state index in [1.54, 1.807) is 11.3 Å². The first-order valence-corrected chi connectivity index (χ1v) is 11.5. The van der Waals surface area contributed by atoms with Crippen molar-refractivity contribution < 1.29 is 9.59 Å². The van der Waals surface area contributed by atoms with Gasteiger partial charge in [-0.3, -0.25) is 19.0 Å². The molecule has 7 nitrogen and oxygen atoms in total. The maximum Gasteiger partial charge on any atom is 0.262 e. The average molecular weight is 439 g/mol. The molecule has 1 aliphatic rings. The first-order chi connectivity index (χ1) is 15.1. The molecule has 0 atom stereocenters. The van der Waals surface area contributed by atoms with Crippen LogP contribution in [-0.4, -0.2) is 27.9 Å². The Hall–Kier alpha value is -3.00. The summed E-state index contributed by atoms with van der Waals surface area (Å²) >= 11 is 1.62. The maximum atomic E-state index is 12.9. The molecule has 1 aromatic carbocycles. The van der Waals surface area contributed by atoms with Gasteiger partial charge in [0.1, 0.15) is 4.83 Å². The van der Waals surface area contributed by atoms with E-state index in [0.29, 0.717) is 6.54 Å². The lowest BCUT2D eigenvalue weighted by Crippen LogP contribution is -2.31. The Kier molecular flexibility index (Phi) is 6.76. The van der Waals surface area contributed by atoms with Crippen molar-refractivity contribution in [1.82, 2.24) is 20.2 Å². The van der Waals surface area contributed by atoms with Gasteiger partial charge in [-0.1, -0.05) is 30.3 Å². The molecule has 1 aliphatic carbocycles. The number of aryl methyl sites for hydroxylation is 3. The van der Waals surface area contributed by atoms with Crippen molar-refractivity contribution >= 4 is 33.4 Å². The van der Waals surface area contributed by atoms with Gasteiger partial charge in [-0.05, 0) is 36.8 Å². The van der Waals surface area contributed by atoms with E-state index in [1.165, 1.54) is 22.2 Å². The third-order valence-electron chi connectivity index (χ3n) is 5.53. The molecule has 4 rings (SSSR count). The van der Waals surface area contributed by atoms with E-state index < -0.39 is 0 Å². The average Bonchev–Trinajstić information content (AvgIpc) is 3.17. The predicted octanol–water partition coefficient (Wildman–Crippen LogP) is 2.55. The van der Waals surface area contributed by atoms with E-state index in [2.05, 4.69) is 15.6 Å². The number of hydrogen-bond acceptors (Lipinski definition) is 5. The van der Waals surface area contributed by atoms with Crippen LogP contribution in [0.3, 0.4) is 0 Å². The summed E-state index contributed by atoms with van der Waals surface area (Å²) in [6, 6.07) is 9.67. The minimum Gasteiger partial charge on any atom is -0.356 e. The number of benzene rings is 1. The van der Waals surface area contributed by atoms with Gasteiger partial charge in [0.25, 0.3) is 5.56 Å². The quantitative estimate of drug-likeness (QED) is 0.565. The number of nitrogens with one attached hydrogen (secondary N) is 2. The first kappa shape index (κ1) is 21.2. The molecule has 2 heterocycles. The molecule has 8 heteroatoms. The molecule has 0 saturated heterocycles.